The molecule has 1 nitrogen and oxygen atoms in total. The van der Waals surface area contributed by atoms with Gasteiger partial charge in [0, 0.05) is 5.02 Å². The van der Waals surface area contributed by atoms with Crippen LogP contribution in [0.1, 0.15) is 25.3 Å². The van der Waals surface area contributed by atoms with Gasteiger partial charge in [0.05, 0.1) is 5.37 Å². The SMILES string of the molecule is CSC(C)N1CCC(Cc2ccc(Cl)cc2)CC1. The molecule has 1 aliphatic heterocycles. The van der Waals surface area contributed by atoms with Crippen molar-refractivity contribution in [3.63, 3.8) is 0 Å². The molecule has 1 aliphatic rings. The molecule has 0 aliphatic carbocycles. The fourth-order valence-corrected chi connectivity index (χ4v) is 3.26. The van der Waals surface area contributed by atoms with E-state index in [1.54, 1.807) is 0 Å². The number of piperidine rings is 1. The van der Waals surface area contributed by atoms with Crippen LogP contribution in [0.2, 0.25) is 5.02 Å². The monoisotopic (exact) mass is 283 g/mol. The molecule has 18 heavy (non-hydrogen) atoms. The van der Waals surface area contributed by atoms with Crippen LogP contribution in [0, 0.1) is 5.92 Å². The minimum atomic E-state index is 0.668. The molecule has 1 aromatic carbocycles. The maximum absolute atomic E-state index is 5.92. The van der Waals surface area contributed by atoms with Crippen LogP contribution in [0.4, 0.5) is 0 Å². The fourth-order valence-electron chi connectivity index (χ4n) is 2.62. The molecular formula is C15H22ClNS. The number of thioether (sulfide) groups is 1. The van der Waals surface area contributed by atoms with Gasteiger partial charge in [0.15, 0.2) is 0 Å². The Morgan fingerprint density at radius 3 is 2.44 bits per heavy atom. The molecule has 0 amide bonds. The summed E-state index contributed by atoms with van der Waals surface area (Å²) < 4.78 is 0. The van der Waals surface area contributed by atoms with Crippen molar-refractivity contribution >= 4 is 23.4 Å². The number of benzene rings is 1. The summed E-state index contributed by atoms with van der Waals surface area (Å²) in [5, 5.41) is 1.50. The Morgan fingerprint density at radius 1 is 1.28 bits per heavy atom. The Kier molecular flexibility index (Phi) is 5.40. The Bertz CT molecular complexity index is 357. The van der Waals surface area contributed by atoms with Crippen molar-refractivity contribution in [1.82, 2.24) is 4.90 Å². The van der Waals surface area contributed by atoms with Crippen molar-refractivity contribution in [3.05, 3.63) is 34.9 Å². The van der Waals surface area contributed by atoms with Gasteiger partial charge in [-0.1, -0.05) is 23.7 Å². The van der Waals surface area contributed by atoms with Gasteiger partial charge in [-0.25, -0.2) is 0 Å². The lowest BCUT2D eigenvalue weighted by Gasteiger charge is -2.35. The highest BCUT2D eigenvalue weighted by atomic mass is 35.5. The first-order valence-corrected chi connectivity index (χ1v) is 8.37. The van der Waals surface area contributed by atoms with Crippen molar-refractivity contribution in [2.45, 2.75) is 31.6 Å². The van der Waals surface area contributed by atoms with Gasteiger partial charge in [0.25, 0.3) is 0 Å². The average molecular weight is 284 g/mol. The smallest absolute Gasteiger partial charge is 0.0525 e. The van der Waals surface area contributed by atoms with E-state index in [-0.39, 0.29) is 0 Å². The number of hydrogen-bond acceptors (Lipinski definition) is 2. The zero-order chi connectivity index (χ0) is 13.0. The van der Waals surface area contributed by atoms with Gasteiger partial charge >= 0.3 is 0 Å². The summed E-state index contributed by atoms with van der Waals surface area (Å²) in [6, 6.07) is 8.34. The number of likely N-dealkylation sites (tertiary alicyclic amines) is 1. The number of nitrogens with zero attached hydrogens (tertiary/aromatic N) is 1. The molecule has 0 N–H and O–H groups in total. The molecule has 100 valence electrons. The van der Waals surface area contributed by atoms with Gasteiger partial charge in [-0.2, -0.15) is 0 Å². The molecular weight excluding hydrogens is 262 g/mol. The minimum absolute atomic E-state index is 0.668. The lowest BCUT2D eigenvalue weighted by Crippen LogP contribution is -2.38. The van der Waals surface area contributed by atoms with Crippen LogP contribution in [-0.4, -0.2) is 29.6 Å². The summed E-state index contributed by atoms with van der Waals surface area (Å²) >= 11 is 7.86. The molecule has 0 aromatic heterocycles. The molecule has 1 saturated heterocycles. The van der Waals surface area contributed by atoms with Crippen molar-refractivity contribution in [2.24, 2.45) is 5.92 Å². The van der Waals surface area contributed by atoms with E-state index in [1.807, 2.05) is 23.9 Å². The van der Waals surface area contributed by atoms with Gasteiger partial charge in [-0.15, -0.1) is 11.8 Å². The first kappa shape index (κ1) is 14.2. The van der Waals surface area contributed by atoms with Gasteiger partial charge in [0.1, 0.15) is 0 Å². The normalized spacial score (nSPS) is 19.9. The molecule has 0 bridgehead atoms. The van der Waals surface area contributed by atoms with E-state index in [9.17, 15) is 0 Å². The van der Waals surface area contributed by atoms with Crippen LogP contribution < -0.4 is 0 Å². The van der Waals surface area contributed by atoms with E-state index < -0.39 is 0 Å². The predicted octanol–water partition coefficient (Wildman–Crippen LogP) is 4.30. The van der Waals surface area contributed by atoms with Crippen molar-refractivity contribution < 1.29 is 0 Å². The Labute approximate surface area is 120 Å². The molecule has 0 radical (unpaired) electrons. The average Bonchev–Trinajstić information content (AvgIpc) is 2.41. The standard InChI is InChI=1S/C15H22ClNS/c1-12(18-2)17-9-7-14(8-10-17)11-13-3-5-15(16)6-4-13/h3-6,12,14H,7-11H2,1-2H3. The number of rotatable bonds is 4. The van der Waals surface area contributed by atoms with Crippen LogP contribution in [0.3, 0.4) is 0 Å². The maximum atomic E-state index is 5.92. The third-order valence-electron chi connectivity index (χ3n) is 3.94. The van der Waals surface area contributed by atoms with E-state index in [2.05, 4.69) is 30.2 Å². The maximum Gasteiger partial charge on any atom is 0.0525 e. The molecule has 1 fully saturated rings. The van der Waals surface area contributed by atoms with Crippen molar-refractivity contribution in [2.75, 3.05) is 19.3 Å². The van der Waals surface area contributed by atoms with Crippen LogP contribution in [0.15, 0.2) is 24.3 Å². The highest BCUT2D eigenvalue weighted by Crippen LogP contribution is 2.25. The highest BCUT2D eigenvalue weighted by Gasteiger charge is 2.22. The second-order valence-electron chi connectivity index (χ2n) is 5.14. The van der Waals surface area contributed by atoms with Crippen LogP contribution >= 0.6 is 23.4 Å². The van der Waals surface area contributed by atoms with E-state index in [1.165, 1.54) is 37.9 Å². The Balaban J connectivity index is 1.81. The zero-order valence-electron chi connectivity index (χ0n) is 11.2. The lowest BCUT2D eigenvalue weighted by atomic mass is 9.90. The fraction of sp³-hybridized carbons (Fsp3) is 0.600. The van der Waals surface area contributed by atoms with Crippen LogP contribution in [0.25, 0.3) is 0 Å². The first-order valence-electron chi connectivity index (χ1n) is 6.70. The summed E-state index contributed by atoms with van der Waals surface area (Å²) in [7, 11) is 0. The second kappa shape index (κ2) is 6.83. The Morgan fingerprint density at radius 2 is 1.89 bits per heavy atom. The minimum Gasteiger partial charge on any atom is -0.292 e. The molecule has 1 atom stereocenters. The van der Waals surface area contributed by atoms with E-state index >= 15 is 0 Å². The molecule has 0 spiro atoms. The van der Waals surface area contributed by atoms with Gasteiger partial charge < -0.3 is 0 Å². The lowest BCUT2D eigenvalue weighted by molar-refractivity contribution is 0.178. The Hall–Kier alpha value is -0.180. The quantitative estimate of drug-likeness (QED) is 0.810. The molecule has 1 heterocycles. The highest BCUT2D eigenvalue weighted by molar-refractivity contribution is 7.99. The summed E-state index contributed by atoms with van der Waals surface area (Å²) in [6.45, 7) is 4.81. The third kappa shape index (κ3) is 3.91. The largest absolute Gasteiger partial charge is 0.292 e. The van der Waals surface area contributed by atoms with Crippen LogP contribution in [0.5, 0.6) is 0 Å². The van der Waals surface area contributed by atoms with Gasteiger partial charge in [-0.3, -0.25) is 4.90 Å². The molecule has 0 saturated carbocycles. The second-order valence-corrected chi connectivity index (χ2v) is 6.74. The molecule has 3 heteroatoms. The number of hydrogen-bond donors (Lipinski definition) is 0. The molecule has 1 aromatic rings. The summed E-state index contributed by atoms with van der Waals surface area (Å²) in [6.07, 6.45) is 6.06. The summed E-state index contributed by atoms with van der Waals surface area (Å²) in [5.74, 6) is 0.844. The van der Waals surface area contributed by atoms with Gasteiger partial charge in [0.2, 0.25) is 0 Å². The van der Waals surface area contributed by atoms with E-state index in [0.717, 1.165) is 10.9 Å². The summed E-state index contributed by atoms with van der Waals surface area (Å²) in [5.41, 5.74) is 1.43. The van der Waals surface area contributed by atoms with Crippen LogP contribution in [-0.2, 0) is 6.42 Å². The third-order valence-corrected chi connectivity index (χ3v) is 5.17. The first-order chi connectivity index (χ1) is 8.69. The zero-order valence-corrected chi connectivity index (χ0v) is 12.8. The number of halogens is 1. The predicted molar refractivity (Wildman–Crippen MR) is 82.4 cm³/mol. The van der Waals surface area contributed by atoms with Gasteiger partial charge in [-0.05, 0) is 69.1 Å². The summed E-state index contributed by atoms with van der Waals surface area (Å²) in [4.78, 5) is 2.60. The van der Waals surface area contributed by atoms with Crippen molar-refractivity contribution in [3.8, 4) is 0 Å². The van der Waals surface area contributed by atoms with Crippen molar-refractivity contribution in [1.29, 1.82) is 0 Å². The van der Waals surface area contributed by atoms with E-state index in [0.29, 0.717) is 5.37 Å². The topological polar surface area (TPSA) is 3.24 Å². The molecule has 2 rings (SSSR count). The van der Waals surface area contributed by atoms with E-state index in [4.69, 9.17) is 11.6 Å². The molecule has 1 unspecified atom stereocenters.